The molecule has 3 heteroatoms. The zero-order valence-electron chi connectivity index (χ0n) is 8.29. The molecule has 0 rings (SSSR count). The summed E-state index contributed by atoms with van der Waals surface area (Å²) in [6.07, 6.45) is 2.40. The maximum atomic E-state index is 11.5. The van der Waals surface area contributed by atoms with E-state index in [0.717, 1.165) is 12.0 Å². The molecule has 70 valence electrons. The SMILES string of the molecule is CC=C(C)C(=O)N(C)C(N)CC. The van der Waals surface area contributed by atoms with Crippen molar-refractivity contribution < 1.29 is 4.79 Å². The van der Waals surface area contributed by atoms with Crippen molar-refractivity contribution in [2.75, 3.05) is 7.05 Å². The lowest BCUT2D eigenvalue weighted by Gasteiger charge is -2.23. The van der Waals surface area contributed by atoms with E-state index in [1.54, 1.807) is 24.9 Å². The first-order valence-corrected chi connectivity index (χ1v) is 4.20. The molecule has 0 saturated carbocycles. The fourth-order valence-electron chi connectivity index (χ4n) is 0.826. The molecule has 0 bridgehead atoms. The summed E-state index contributed by atoms with van der Waals surface area (Å²) in [5.74, 6) is 0.00634. The Bertz CT molecular complexity index is 187. The predicted molar refractivity (Wildman–Crippen MR) is 50.5 cm³/mol. The van der Waals surface area contributed by atoms with Crippen LogP contribution in [0.2, 0.25) is 0 Å². The molecule has 12 heavy (non-hydrogen) atoms. The van der Waals surface area contributed by atoms with Crippen LogP contribution in [0.5, 0.6) is 0 Å². The Hall–Kier alpha value is -0.830. The van der Waals surface area contributed by atoms with Gasteiger partial charge >= 0.3 is 0 Å². The summed E-state index contributed by atoms with van der Waals surface area (Å²) < 4.78 is 0. The van der Waals surface area contributed by atoms with Crippen LogP contribution in [-0.4, -0.2) is 24.0 Å². The van der Waals surface area contributed by atoms with Crippen molar-refractivity contribution in [2.45, 2.75) is 33.4 Å². The van der Waals surface area contributed by atoms with Crippen molar-refractivity contribution in [1.29, 1.82) is 0 Å². The van der Waals surface area contributed by atoms with Crippen molar-refractivity contribution >= 4 is 5.91 Å². The van der Waals surface area contributed by atoms with Crippen LogP contribution in [0.25, 0.3) is 0 Å². The standard InChI is InChI=1S/C9H18N2O/c1-5-7(3)9(12)11(4)8(10)6-2/h5,8H,6,10H2,1-4H3. The molecule has 0 radical (unpaired) electrons. The molecule has 0 fully saturated rings. The van der Waals surface area contributed by atoms with E-state index in [-0.39, 0.29) is 12.1 Å². The van der Waals surface area contributed by atoms with Crippen molar-refractivity contribution in [1.82, 2.24) is 4.90 Å². The molecule has 0 saturated heterocycles. The van der Waals surface area contributed by atoms with Gasteiger partial charge in [-0.2, -0.15) is 0 Å². The minimum absolute atomic E-state index is 0.00634. The summed E-state index contributed by atoms with van der Waals surface area (Å²) in [6.45, 7) is 5.60. The monoisotopic (exact) mass is 170 g/mol. The van der Waals surface area contributed by atoms with Gasteiger partial charge in [-0.15, -0.1) is 0 Å². The number of carbonyl (C=O) groups is 1. The van der Waals surface area contributed by atoms with Gasteiger partial charge in [0, 0.05) is 12.6 Å². The van der Waals surface area contributed by atoms with E-state index >= 15 is 0 Å². The number of hydrogen-bond donors (Lipinski definition) is 1. The first-order chi connectivity index (χ1) is 5.54. The number of amides is 1. The molecular formula is C9H18N2O. The molecule has 0 aromatic rings. The van der Waals surface area contributed by atoms with Gasteiger partial charge in [-0.1, -0.05) is 13.0 Å². The average molecular weight is 170 g/mol. The number of allylic oxidation sites excluding steroid dienone is 1. The first-order valence-electron chi connectivity index (χ1n) is 4.20. The van der Waals surface area contributed by atoms with Gasteiger partial charge in [0.15, 0.2) is 0 Å². The number of nitrogens with two attached hydrogens (primary N) is 1. The van der Waals surface area contributed by atoms with E-state index in [1.165, 1.54) is 0 Å². The molecule has 0 aliphatic heterocycles. The number of nitrogens with zero attached hydrogens (tertiary/aromatic N) is 1. The second-order valence-electron chi connectivity index (χ2n) is 2.86. The molecule has 3 nitrogen and oxygen atoms in total. The molecular weight excluding hydrogens is 152 g/mol. The Labute approximate surface area is 74.2 Å². The summed E-state index contributed by atoms with van der Waals surface area (Å²) in [7, 11) is 1.73. The van der Waals surface area contributed by atoms with E-state index in [4.69, 9.17) is 5.73 Å². The maximum Gasteiger partial charge on any atom is 0.250 e. The van der Waals surface area contributed by atoms with Crippen LogP contribution in [0.15, 0.2) is 11.6 Å². The van der Waals surface area contributed by atoms with Gasteiger partial charge < -0.3 is 10.6 Å². The predicted octanol–water partition coefficient (Wildman–Crippen LogP) is 1.11. The highest BCUT2D eigenvalue weighted by molar-refractivity contribution is 5.92. The third-order valence-corrected chi connectivity index (χ3v) is 2.01. The minimum Gasteiger partial charge on any atom is -0.327 e. The molecule has 0 aromatic carbocycles. The quantitative estimate of drug-likeness (QED) is 0.509. The molecule has 0 heterocycles. The van der Waals surface area contributed by atoms with Crippen molar-refractivity contribution in [3.63, 3.8) is 0 Å². The van der Waals surface area contributed by atoms with Crippen LogP contribution in [0, 0.1) is 0 Å². The van der Waals surface area contributed by atoms with Crippen LogP contribution < -0.4 is 5.73 Å². The van der Waals surface area contributed by atoms with E-state index in [2.05, 4.69) is 0 Å². The van der Waals surface area contributed by atoms with Crippen molar-refractivity contribution in [2.24, 2.45) is 5.73 Å². The fourth-order valence-corrected chi connectivity index (χ4v) is 0.826. The molecule has 2 N–H and O–H groups in total. The summed E-state index contributed by atoms with van der Waals surface area (Å²) in [6, 6.07) is 0. The number of rotatable bonds is 3. The van der Waals surface area contributed by atoms with Gasteiger partial charge in [-0.3, -0.25) is 4.79 Å². The largest absolute Gasteiger partial charge is 0.327 e. The van der Waals surface area contributed by atoms with Crippen LogP contribution in [0.1, 0.15) is 27.2 Å². The molecule has 0 aliphatic carbocycles. The highest BCUT2D eigenvalue weighted by Gasteiger charge is 2.14. The second kappa shape index (κ2) is 4.93. The van der Waals surface area contributed by atoms with Gasteiger partial charge in [0.1, 0.15) is 0 Å². The van der Waals surface area contributed by atoms with Gasteiger partial charge in [0.2, 0.25) is 5.91 Å². The smallest absolute Gasteiger partial charge is 0.250 e. The van der Waals surface area contributed by atoms with Crippen molar-refractivity contribution in [3.8, 4) is 0 Å². The van der Waals surface area contributed by atoms with Gasteiger partial charge in [-0.25, -0.2) is 0 Å². The lowest BCUT2D eigenvalue weighted by atomic mass is 10.2. The Kier molecular flexibility index (Phi) is 4.59. The van der Waals surface area contributed by atoms with Gasteiger partial charge in [0.05, 0.1) is 6.17 Å². The van der Waals surface area contributed by atoms with Crippen LogP contribution >= 0.6 is 0 Å². The highest BCUT2D eigenvalue weighted by atomic mass is 16.2. The van der Waals surface area contributed by atoms with Crippen LogP contribution in [0.3, 0.4) is 0 Å². The normalized spacial score (nSPS) is 14.2. The molecule has 0 aliphatic rings. The number of likely N-dealkylation sites (N-methyl/N-ethyl adjacent to an activating group) is 1. The Morgan fingerprint density at radius 2 is 2.17 bits per heavy atom. The first kappa shape index (κ1) is 11.2. The van der Waals surface area contributed by atoms with E-state index in [9.17, 15) is 4.79 Å². The highest BCUT2D eigenvalue weighted by Crippen LogP contribution is 2.02. The van der Waals surface area contributed by atoms with Gasteiger partial charge in [0.25, 0.3) is 0 Å². The molecule has 1 atom stereocenters. The average Bonchev–Trinajstić information content (AvgIpc) is 2.12. The summed E-state index contributed by atoms with van der Waals surface area (Å²) in [5, 5.41) is 0. The summed E-state index contributed by atoms with van der Waals surface area (Å²) >= 11 is 0. The molecule has 1 amide bonds. The summed E-state index contributed by atoms with van der Waals surface area (Å²) in [5.41, 5.74) is 6.43. The lowest BCUT2D eigenvalue weighted by molar-refractivity contribution is -0.127. The van der Waals surface area contributed by atoms with E-state index in [0.29, 0.717) is 0 Å². The third kappa shape index (κ3) is 2.66. The van der Waals surface area contributed by atoms with E-state index < -0.39 is 0 Å². The topological polar surface area (TPSA) is 46.3 Å². The minimum atomic E-state index is -0.174. The fraction of sp³-hybridized carbons (Fsp3) is 0.667. The maximum absolute atomic E-state index is 11.5. The Morgan fingerprint density at radius 3 is 2.50 bits per heavy atom. The lowest BCUT2D eigenvalue weighted by Crippen LogP contribution is -2.42. The van der Waals surface area contributed by atoms with Crippen LogP contribution in [0.4, 0.5) is 0 Å². The number of carbonyl (C=O) groups excluding carboxylic acids is 1. The van der Waals surface area contributed by atoms with E-state index in [1.807, 2.05) is 13.8 Å². The molecule has 1 unspecified atom stereocenters. The zero-order chi connectivity index (χ0) is 9.72. The number of hydrogen-bond acceptors (Lipinski definition) is 2. The van der Waals surface area contributed by atoms with Crippen LogP contribution in [-0.2, 0) is 4.79 Å². The Balaban J connectivity index is 4.29. The summed E-state index contributed by atoms with van der Waals surface area (Å²) in [4.78, 5) is 13.0. The third-order valence-electron chi connectivity index (χ3n) is 2.01. The molecule has 0 spiro atoms. The Morgan fingerprint density at radius 1 is 1.67 bits per heavy atom. The van der Waals surface area contributed by atoms with Gasteiger partial charge in [-0.05, 0) is 20.3 Å². The molecule has 0 aromatic heterocycles. The zero-order valence-corrected chi connectivity index (χ0v) is 8.29. The second-order valence-corrected chi connectivity index (χ2v) is 2.86. The van der Waals surface area contributed by atoms with Crippen molar-refractivity contribution in [3.05, 3.63) is 11.6 Å².